The van der Waals surface area contributed by atoms with E-state index in [1.54, 1.807) is 0 Å². The average molecular weight is 577 g/mol. The first-order chi connectivity index (χ1) is 22.1. The fourth-order valence-corrected chi connectivity index (χ4v) is 6.60. The van der Waals surface area contributed by atoms with Crippen LogP contribution in [0.1, 0.15) is 16.7 Å². The average Bonchev–Trinajstić information content (AvgIpc) is 3.09. The van der Waals surface area contributed by atoms with Gasteiger partial charge in [-0.15, -0.1) is 0 Å². The smallest absolute Gasteiger partial charge is 0.00928 e. The number of benzene rings is 8. The van der Waals surface area contributed by atoms with Crippen LogP contribution in [0.15, 0.2) is 164 Å². The van der Waals surface area contributed by atoms with Crippen LogP contribution in [0.2, 0.25) is 0 Å². The second kappa shape index (κ2) is 12.3. The zero-order chi connectivity index (χ0) is 30.8. The Balaban J connectivity index is 0.000000412. The molecule has 0 aromatic heterocycles. The molecule has 0 radical (unpaired) electrons. The minimum atomic E-state index is 1.24. The van der Waals surface area contributed by atoms with Gasteiger partial charge in [-0.1, -0.05) is 157 Å². The highest BCUT2D eigenvalue weighted by molar-refractivity contribution is 6.25. The second-order valence-electron chi connectivity index (χ2n) is 11.9. The zero-order valence-electron chi connectivity index (χ0n) is 26.1. The zero-order valence-corrected chi connectivity index (χ0v) is 26.1. The summed E-state index contributed by atoms with van der Waals surface area (Å²) in [6.45, 7) is 6.52. The van der Waals surface area contributed by atoms with Gasteiger partial charge in [0.05, 0.1) is 0 Å². The number of hydrogen-bond donors (Lipinski definition) is 0. The molecule has 8 aromatic rings. The Morgan fingerprint density at radius 1 is 0.289 bits per heavy atom. The van der Waals surface area contributed by atoms with Crippen LogP contribution in [-0.4, -0.2) is 0 Å². The molecule has 216 valence electrons. The van der Waals surface area contributed by atoms with Crippen molar-refractivity contribution in [3.05, 3.63) is 180 Å². The Bertz CT molecular complexity index is 2250. The van der Waals surface area contributed by atoms with Gasteiger partial charge in [0.1, 0.15) is 0 Å². The van der Waals surface area contributed by atoms with E-state index >= 15 is 0 Å². The fourth-order valence-electron chi connectivity index (χ4n) is 6.60. The Kier molecular flexibility index (Phi) is 7.72. The molecular formula is C45H36. The van der Waals surface area contributed by atoms with Crippen LogP contribution in [0.3, 0.4) is 0 Å². The Morgan fingerprint density at radius 3 is 1.42 bits per heavy atom. The molecule has 0 nitrogen and oxygen atoms in total. The first-order valence-electron chi connectivity index (χ1n) is 15.7. The lowest BCUT2D eigenvalue weighted by atomic mass is 9.89. The molecule has 0 amide bonds. The van der Waals surface area contributed by atoms with Gasteiger partial charge in [-0.3, -0.25) is 0 Å². The predicted molar refractivity (Wildman–Crippen MR) is 196 cm³/mol. The lowest BCUT2D eigenvalue weighted by molar-refractivity contribution is 1.40. The van der Waals surface area contributed by atoms with E-state index in [0.29, 0.717) is 0 Å². The van der Waals surface area contributed by atoms with Crippen LogP contribution in [0.25, 0.3) is 65.7 Å². The maximum absolute atomic E-state index is 2.37. The number of fused-ring (bicyclic) bond motifs is 6. The molecule has 0 atom stereocenters. The second-order valence-corrected chi connectivity index (χ2v) is 11.9. The monoisotopic (exact) mass is 576 g/mol. The Morgan fingerprint density at radius 2 is 0.778 bits per heavy atom. The van der Waals surface area contributed by atoms with E-state index in [9.17, 15) is 0 Å². The normalized spacial score (nSPS) is 11.0. The summed E-state index contributed by atoms with van der Waals surface area (Å²) in [4.78, 5) is 0. The summed E-state index contributed by atoms with van der Waals surface area (Å²) in [5, 5.41) is 7.85. The van der Waals surface area contributed by atoms with Crippen molar-refractivity contribution in [2.75, 3.05) is 0 Å². The molecule has 0 saturated heterocycles. The molecule has 0 fully saturated rings. The quantitative estimate of drug-likeness (QED) is 0.184. The molecule has 0 spiro atoms. The maximum atomic E-state index is 2.37. The van der Waals surface area contributed by atoms with Crippen molar-refractivity contribution in [3.63, 3.8) is 0 Å². The molecule has 45 heavy (non-hydrogen) atoms. The predicted octanol–water partition coefficient (Wildman–Crippen LogP) is 12.8. The Labute approximate surface area is 266 Å². The third-order valence-corrected chi connectivity index (χ3v) is 8.96. The molecule has 0 aliphatic carbocycles. The van der Waals surface area contributed by atoms with Gasteiger partial charge in [0.25, 0.3) is 0 Å². The SMILES string of the molecule is Cc1ccccc1.Cc1ccccc1-c1cccc(-c2cccc(-c3ccc4c5ccccc5c5ccccc5c4c3)c2)c1C. The van der Waals surface area contributed by atoms with E-state index in [1.165, 1.54) is 82.4 Å². The van der Waals surface area contributed by atoms with Crippen LogP contribution in [-0.2, 0) is 0 Å². The van der Waals surface area contributed by atoms with Gasteiger partial charge >= 0.3 is 0 Å². The first-order valence-corrected chi connectivity index (χ1v) is 15.7. The number of hydrogen-bond acceptors (Lipinski definition) is 0. The summed E-state index contributed by atoms with van der Waals surface area (Å²) < 4.78 is 0. The lowest BCUT2D eigenvalue weighted by Gasteiger charge is -2.15. The summed E-state index contributed by atoms with van der Waals surface area (Å²) >= 11 is 0. The van der Waals surface area contributed by atoms with Crippen LogP contribution < -0.4 is 0 Å². The minimum Gasteiger partial charge on any atom is -0.0622 e. The molecule has 0 aliphatic rings. The van der Waals surface area contributed by atoms with Gasteiger partial charge in [-0.2, -0.15) is 0 Å². The van der Waals surface area contributed by atoms with Gasteiger partial charge in [-0.25, -0.2) is 0 Å². The summed E-state index contributed by atoms with van der Waals surface area (Å²) in [6, 6.07) is 59.1. The van der Waals surface area contributed by atoms with Crippen molar-refractivity contribution in [2.45, 2.75) is 20.8 Å². The molecule has 0 unspecified atom stereocenters. The molecular weight excluding hydrogens is 540 g/mol. The lowest BCUT2D eigenvalue weighted by Crippen LogP contribution is -1.91. The Hall–Kier alpha value is -5.46. The highest BCUT2D eigenvalue weighted by atomic mass is 14.2. The molecule has 0 bridgehead atoms. The standard InChI is InChI=1S/C38H28.C7H8/c1-25-11-3-4-14-30(25)32-20-10-19-31(26(32)2)29-13-9-12-27(23-29)28-21-22-37-35-17-6-5-15-33(35)34-16-7-8-18-36(34)38(37)24-28;1-7-5-3-2-4-6-7/h3-24H,1-2H3;2-6H,1H3. The summed E-state index contributed by atoms with van der Waals surface area (Å²) in [6.07, 6.45) is 0. The van der Waals surface area contributed by atoms with Crippen molar-refractivity contribution < 1.29 is 0 Å². The number of aryl methyl sites for hydroxylation is 2. The van der Waals surface area contributed by atoms with Gasteiger partial charge in [0.2, 0.25) is 0 Å². The van der Waals surface area contributed by atoms with E-state index < -0.39 is 0 Å². The van der Waals surface area contributed by atoms with Gasteiger partial charge in [0, 0.05) is 0 Å². The van der Waals surface area contributed by atoms with Gasteiger partial charge < -0.3 is 0 Å². The fraction of sp³-hybridized carbons (Fsp3) is 0.0667. The summed E-state index contributed by atoms with van der Waals surface area (Å²) in [7, 11) is 0. The van der Waals surface area contributed by atoms with E-state index in [0.717, 1.165) is 0 Å². The summed E-state index contributed by atoms with van der Waals surface area (Å²) in [5.41, 5.74) is 11.6. The van der Waals surface area contributed by atoms with E-state index in [4.69, 9.17) is 0 Å². The summed E-state index contributed by atoms with van der Waals surface area (Å²) in [5.74, 6) is 0. The van der Waals surface area contributed by atoms with Crippen molar-refractivity contribution in [3.8, 4) is 33.4 Å². The molecule has 0 saturated carbocycles. The topological polar surface area (TPSA) is 0 Å². The van der Waals surface area contributed by atoms with Crippen LogP contribution in [0.4, 0.5) is 0 Å². The molecule has 8 rings (SSSR count). The van der Waals surface area contributed by atoms with Crippen molar-refractivity contribution >= 4 is 32.3 Å². The molecule has 0 aliphatic heterocycles. The van der Waals surface area contributed by atoms with Crippen LogP contribution >= 0.6 is 0 Å². The third-order valence-electron chi connectivity index (χ3n) is 8.96. The van der Waals surface area contributed by atoms with E-state index in [1.807, 2.05) is 18.2 Å². The highest BCUT2D eigenvalue weighted by Gasteiger charge is 2.12. The molecule has 0 heterocycles. The molecule has 0 N–H and O–H groups in total. The van der Waals surface area contributed by atoms with Crippen molar-refractivity contribution in [1.29, 1.82) is 0 Å². The van der Waals surface area contributed by atoms with Crippen molar-refractivity contribution in [2.24, 2.45) is 0 Å². The van der Waals surface area contributed by atoms with Gasteiger partial charge in [0.15, 0.2) is 0 Å². The number of rotatable bonds is 3. The molecule has 8 aromatic carbocycles. The van der Waals surface area contributed by atoms with Crippen LogP contribution in [0.5, 0.6) is 0 Å². The van der Waals surface area contributed by atoms with Crippen molar-refractivity contribution in [1.82, 2.24) is 0 Å². The van der Waals surface area contributed by atoms with E-state index in [-0.39, 0.29) is 0 Å². The minimum absolute atomic E-state index is 1.24. The third kappa shape index (κ3) is 5.52. The van der Waals surface area contributed by atoms with E-state index in [2.05, 4.69) is 166 Å². The maximum Gasteiger partial charge on any atom is -0.00928 e. The highest BCUT2D eigenvalue weighted by Crippen LogP contribution is 2.38. The largest absolute Gasteiger partial charge is 0.0622 e. The first kappa shape index (κ1) is 28.3. The van der Waals surface area contributed by atoms with Gasteiger partial charge in [-0.05, 0) is 110 Å². The van der Waals surface area contributed by atoms with Crippen LogP contribution in [0, 0.1) is 20.8 Å². The molecule has 0 heteroatoms.